The molecule has 0 aromatic rings. The second-order valence-electron chi connectivity index (χ2n) is 1.88. The van der Waals surface area contributed by atoms with Crippen molar-refractivity contribution in [2.45, 2.75) is 12.5 Å². The molecule has 0 spiro atoms. The molecule has 0 rings (SSSR count). The Balaban J connectivity index is 3.68. The fourth-order valence-electron chi connectivity index (χ4n) is 0.651. The second kappa shape index (κ2) is 5.20. The highest BCUT2D eigenvalue weighted by atomic mass is 16.5. The number of rotatable bonds is 4. The Labute approximate surface area is 60.2 Å². The van der Waals surface area contributed by atoms with Crippen LogP contribution in [0.5, 0.6) is 0 Å². The molecule has 10 heavy (non-hydrogen) atoms. The monoisotopic (exact) mass is 147 g/mol. The summed E-state index contributed by atoms with van der Waals surface area (Å²) >= 11 is 0. The van der Waals surface area contributed by atoms with Gasteiger partial charge in [-0.05, 0) is 13.5 Å². The molecule has 0 radical (unpaired) electrons. The molecule has 0 fully saturated rings. The van der Waals surface area contributed by atoms with Gasteiger partial charge in [0, 0.05) is 6.61 Å². The summed E-state index contributed by atoms with van der Waals surface area (Å²) in [5.74, 6) is -0.337. The highest BCUT2D eigenvalue weighted by molar-refractivity contribution is 5.75. The summed E-state index contributed by atoms with van der Waals surface area (Å²) < 4.78 is 4.44. The van der Waals surface area contributed by atoms with Gasteiger partial charge in [0.05, 0.1) is 7.11 Å². The Kier molecular flexibility index (Phi) is 4.88. The van der Waals surface area contributed by atoms with Crippen molar-refractivity contribution >= 4 is 5.97 Å². The van der Waals surface area contributed by atoms with Crippen molar-refractivity contribution in [1.29, 1.82) is 0 Å². The van der Waals surface area contributed by atoms with Gasteiger partial charge in [0.2, 0.25) is 0 Å². The van der Waals surface area contributed by atoms with E-state index in [4.69, 9.17) is 5.11 Å². The van der Waals surface area contributed by atoms with Gasteiger partial charge in [0.1, 0.15) is 6.04 Å². The van der Waals surface area contributed by atoms with Crippen molar-refractivity contribution in [2.75, 3.05) is 20.8 Å². The largest absolute Gasteiger partial charge is 0.468 e. The molecule has 0 aliphatic carbocycles. The molecule has 0 amide bonds. The molecular weight excluding hydrogens is 134 g/mol. The van der Waals surface area contributed by atoms with Gasteiger partial charge in [-0.15, -0.1) is 0 Å². The van der Waals surface area contributed by atoms with E-state index < -0.39 is 0 Å². The number of hydrogen-bond acceptors (Lipinski definition) is 4. The number of aliphatic hydroxyl groups excluding tert-OH is 1. The first-order chi connectivity index (χ1) is 4.76. The van der Waals surface area contributed by atoms with E-state index in [0.29, 0.717) is 6.42 Å². The standard InChI is InChI=1S/C6H13NO3/c1-7-5(3-4-8)6(9)10-2/h5,7-8H,3-4H2,1-2H3/t5-/m0/s1. The highest BCUT2D eigenvalue weighted by Crippen LogP contribution is 1.91. The zero-order valence-electron chi connectivity index (χ0n) is 6.26. The minimum Gasteiger partial charge on any atom is -0.468 e. The number of carbonyl (C=O) groups excluding carboxylic acids is 1. The van der Waals surface area contributed by atoms with Crippen LogP contribution in [0.25, 0.3) is 0 Å². The first kappa shape index (κ1) is 9.39. The van der Waals surface area contributed by atoms with Crippen LogP contribution in [0.15, 0.2) is 0 Å². The summed E-state index contributed by atoms with van der Waals surface area (Å²) in [7, 11) is 2.97. The first-order valence-electron chi connectivity index (χ1n) is 3.12. The van der Waals surface area contributed by atoms with Crippen LogP contribution >= 0.6 is 0 Å². The Bertz CT molecular complexity index is 105. The topological polar surface area (TPSA) is 58.6 Å². The second-order valence-corrected chi connectivity index (χ2v) is 1.88. The van der Waals surface area contributed by atoms with Gasteiger partial charge >= 0.3 is 5.97 Å². The normalized spacial score (nSPS) is 12.7. The van der Waals surface area contributed by atoms with Crippen LogP contribution in [0.3, 0.4) is 0 Å². The van der Waals surface area contributed by atoms with Crippen LogP contribution in [-0.4, -0.2) is 37.9 Å². The number of hydrogen-bond donors (Lipinski definition) is 2. The predicted molar refractivity (Wildman–Crippen MR) is 36.6 cm³/mol. The Morgan fingerprint density at radius 3 is 2.70 bits per heavy atom. The maximum absolute atomic E-state index is 10.7. The quantitative estimate of drug-likeness (QED) is 0.507. The fraction of sp³-hybridized carbons (Fsp3) is 0.833. The smallest absolute Gasteiger partial charge is 0.322 e. The Morgan fingerprint density at radius 1 is 1.80 bits per heavy atom. The van der Waals surface area contributed by atoms with Gasteiger partial charge in [-0.3, -0.25) is 4.79 Å². The maximum Gasteiger partial charge on any atom is 0.322 e. The lowest BCUT2D eigenvalue weighted by atomic mass is 10.2. The van der Waals surface area contributed by atoms with Crippen LogP contribution in [0.2, 0.25) is 0 Å². The molecule has 0 aliphatic heterocycles. The number of methoxy groups -OCH3 is 1. The molecule has 0 unspecified atom stereocenters. The van der Waals surface area contributed by atoms with Crippen LogP contribution in [0, 0.1) is 0 Å². The van der Waals surface area contributed by atoms with E-state index in [1.54, 1.807) is 7.05 Å². The number of aliphatic hydroxyl groups is 1. The van der Waals surface area contributed by atoms with Gasteiger partial charge in [0.15, 0.2) is 0 Å². The molecule has 4 nitrogen and oxygen atoms in total. The molecule has 0 aromatic heterocycles. The average molecular weight is 147 g/mol. The number of ether oxygens (including phenoxy) is 1. The third kappa shape index (κ3) is 2.80. The number of carbonyl (C=O) groups is 1. The van der Waals surface area contributed by atoms with Gasteiger partial charge in [-0.1, -0.05) is 0 Å². The molecule has 0 saturated heterocycles. The zero-order valence-corrected chi connectivity index (χ0v) is 6.26. The van der Waals surface area contributed by atoms with Crippen molar-refractivity contribution in [3.63, 3.8) is 0 Å². The Hall–Kier alpha value is -0.610. The molecule has 0 bridgehead atoms. The number of likely N-dealkylation sites (N-methyl/N-ethyl adjacent to an activating group) is 1. The van der Waals surface area contributed by atoms with Gasteiger partial charge in [0.25, 0.3) is 0 Å². The average Bonchev–Trinajstić information content (AvgIpc) is 1.99. The molecule has 1 atom stereocenters. The van der Waals surface area contributed by atoms with Crippen LogP contribution < -0.4 is 5.32 Å². The zero-order chi connectivity index (χ0) is 7.98. The maximum atomic E-state index is 10.7. The summed E-state index contributed by atoms with van der Waals surface area (Å²) in [6, 6.07) is -0.380. The third-order valence-corrected chi connectivity index (χ3v) is 1.25. The number of nitrogens with one attached hydrogen (secondary N) is 1. The SMILES string of the molecule is CN[C@@H](CCO)C(=O)OC. The van der Waals surface area contributed by atoms with Crippen molar-refractivity contribution in [3.05, 3.63) is 0 Å². The fourth-order valence-corrected chi connectivity index (χ4v) is 0.651. The highest BCUT2D eigenvalue weighted by Gasteiger charge is 2.14. The van der Waals surface area contributed by atoms with E-state index in [0.717, 1.165) is 0 Å². The summed E-state index contributed by atoms with van der Waals surface area (Å²) in [6.45, 7) is -0.0133. The lowest BCUT2D eigenvalue weighted by Gasteiger charge is -2.10. The summed E-state index contributed by atoms with van der Waals surface area (Å²) in [4.78, 5) is 10.7. The summed E-state index contributed by atoms with van der Waals surface area (Å²) in [6.07, 6.45) is 0.392. The molecule has 0 aliphatic rings. The van der Waals surface area contributed by atoms with Crippen LogP contribution in [0.4, 0.5) is 0 Å². The van der Waals surface area contributed by atoms with Gasteiger partial charge < -0.3 is 15.2 Å². The van der Waals surface area contributed by atoms with E-state index in [-0.39, 0.29) is 18.6 Å². The molecular formula is C6H13NO3. The molecule has 0 heterocycles. The molecule has 2 N–H and O–H groups in total. The minimum absolute atomic E-state index is 0.0133. The lowest BCUT2D eigenvalue weighted by molar-refractivity contribution is -0.143. The van der Waals surface area contributed by atoms with Crippen molar-refractivity contribution < 1.29 is 14.6 Å². The van der Waals surface area contributed by atoms with Crippen molar-refractivity contribution in [1.82, 2.24) is 5.32 Å². The van der Waals surface area contributed by atoms with E-state index >= 15 is 0 Å². The molecule has 0 saturated carbocycles. The van der Waals surface area contributed by atoms with Crippen molar-refractivity contribution in [3.8, 4) is 0 Å². The van der Waals surface area contributed by atoms with Crippen LogP contribution in [0.1, 0.15) is 6.42 Å². The summed E-state index contributed by atoms with van der Waals surface area (Å²) in [5, 5.41) is 11.2. The van der Waals surface area contributed by atoms with Crippen molar-refractivity contribution in [2.24, 2.45) is 0 Å². The molecule has 4 heteroatoms. The predicted octanol–water partition coefficient (Wildman–Crippen LogP) is -0.870. The summed E-state index contributed by atoms with van der Waals surface area (Å²) in [5.41, 5.74) is 0. The number of esters is 1. The van der Waals surface area contributed by atoms with E-state index in [9.17, 15) is 4.79 Å². The van der Waals surface area contributed by atoms with E-state index in [1.807, 2.05) is 0 Å². The first-order valence-corrected chi connectivity index (χ1v) is 3.12. The minimum atomic E-state index is -0.380. The van der Waals surface area contributed by atoms with E-state index in [1.165, 1.54) is 7.11 Å². The van der Waals surface area contributed by atoms with Gasteiger partial charge in [-0.25, -0.2) is 0 Å². The molecule has 0 aromatic carbocycles. The third-order valence-electron chi connectivity index (χ3n) is 1.25. The van der Waals surface area contributed by atoms with Crippen LogP contribution in [-0.2, 0) is 9.53 Å². The van der Waals surface area contributed by atoms with Gasteiger partial charge in [-0.2, -0.15) is 0 Å². The lowest BCUT2D eigenvalue weighted by Crippen LogP contribution is -2.35. The van der Waals surface area contributed by atoms with E-state index in [2.05, 4.69) is 10.1 Å². The molecule has 60 valence electrons. The Morgan fingerprint density at radius 2 is 2.40 bits per heavy atom.